The van der Waals surface area contributed by atoms with Crippen LogP contribution >= 0.6 is 0 Å². The minimum Gasteiger partial charge on any atom is -0.360 e. The molecule has 2 aliphatic heterocycles. The van der Waals surface area contributed by atoms with Gasteiger partial charge in [-0.3, -0.25) is 4.98 Å². The van der Waals surface area contributed by atoms with E-state index in [0.717, 1.165) is 24.3 Å². The summed E-state index contributed by atoms with van der Waals surface area (Å²) in [4.78, 5) is 11.5. The second-order valence-electron chi connectivity index (χ2n) is 6.34. The molecule has 4 heteroatoms. The Morgan fingerprint density at radius 2 is 2.04 bits per heavy atom. The van der Waals surface area contributed by atoms with Gasteiger partial charge in [0.1, 0.15) is 5.65 Å². The molecule has 0 aromatic carbocycles. The van der Waals surface area contributed by atoms with E-state index in [1.54, 1.807) is 0 Å². The molecule has 0 spiro atoms. The van der Waals surface area contributed by atoms with Gasteiger partial charge in [0, 0.05) is 42.6 Å². The average Bonchev–Trinajstić information content (AvgIpc) is 3.26. The lowest BCUT2D eigenvalue weighted by Gasteiger charge is -2.32. The zero-order valence-corrected chi connectivity index (χ0v) is 13.3. The van der Waals surface area contributed by atoms with Crippen LogP contribution in [-0.4, -0.2) is 25.8 Å². The Morgan fingerprint density at radius 3 is 2.96 bits per heavy atom. The molecule has 4 nitrogen and oxygen atoms in total. The summed E-state index contributed by atoms with van der Waals surface area (Å²) < 4.78 is 2.09. The number of rotatable bonds is 2. The van der Waals surface area contributed by atoms with Gasteiger partial charge in [-0.15, -0.1) is 0 Å². The van der Waals surface area contributed by atoms with Gasteiger partial charge in [-0.2, -0.15) is 0 Å². The van der Waals surface area contributed by atoms with Gasteiger partial charge in [0.25, 0.3) is 0 Å². The highest BCUT2D eigenvalue weighted by atomic mass is 15.2. The van der Waals surface area contributed by atoms with Crippen LogP contribution in [0, 0.1) is 0 Å². The fourth-order valence-electron chi connectivity index (χ4n) is 3.79. The van der Waals surface area contributed by atoms with E-state index in [9.17, 15) is 0 Å². The monoisotopic (exact) mass is 314 g/mol. The fourth-order valence-corrected chi connectivity index (χ4v) is 3.79. The Bertz CT molecular complexity index is 952. The minimum absolute atomic E-state index is 0.221. The first kappa shape index (κ1) is 13.5. The van der Waals surface area contributed by atoms with Gasteiger partial charge < -0.3 is 9.30 Å². The quantitative estimate of drug-likeness (QED) is 0.720. The molecule has 2 aliphatic rings. The summed E-state index contributed by atoms with van der Waals surface area (Å²) in [5.41, 5.74) is 5.93. The highest BCUT2D eigenvalue weighted by Gasteiger charge is 2.33. The van der Waals surface area contributed by atoms with Crippen molar-refractivity contribution in [1.29, 1.82) is 0 Å². The van der Waals surface area contributed by atoms with Crippen molar-refractivity contribution in [2.24, 2.45) is 0 Å². The molecule has 0 saturated heterocycles. The van der Waals surface area contributed by atoms with E-state index in [4.69, 9.17) is 0 Å². The Balaban J connectivity index is 1.66. The standard InChI is InChI=1S/C20H18N4/c1-3-9-21-18(6-1)17-13-16-5-2-4-11-24(16)20(17)15-7-8-19-22-10-12-23(19)14-15/h1,3,5-10,12-14,20H,2,4,11H2. The van der Waals surface area contributed by atoms with E-state index < -0.39 is 0 Å². The number of pyridine rings is 2. The molecule has 118 valence electrons. The molecule has 0 saturated carbocycles. The maximum absolute atomic E-state index is 4.61. The molecule has 1 unspecified atom stereocenters. The molecule has 0 bridgehead atoms. The Labute approximate surface area is 140 Å². The van der Waals surface area contributed by atoms with Crippen LogP contribution in [0.3, 0.4) is 0 Å². The second kappa shape index (κ2) is 5.34. The Morgan fingerprint density at radius 1 is 1.04 bits per heavy atom. The third-order valence-corrected chi connectivity index (χ3v) is 4.89. The molecule has 3 aromatic rings. The van der Waals surface area contributed by atoms with Crippen LogP contribution in [0.1, 0.15) is 30.1 Å². The number of nitrogens with zero attached hydrogens (tertiary/aromatic N) is 4. The van der Waals surface area contributed by atoms with Gasteiger partial charge in [0.05, 0.1) is 11.7 Å². The largest absolute Gasteiger partial charge is 0.360 e. The van der Waals surface area contributed by atoms with Crippen molar-refractivity contribution < 1.29 is 0 Å². The normalized spacial score (nSPS) is 20.0. The third kappa shape index (κ3) is 2.07. The van der Waals surface area contributed by atoms with Gasteiger partial charge in [-0.25, -0.2) is 4.98 Å². The summed E-state index contributed by atoms with van der Waals surface area (Å²) in [7, 11) is 0. The van der Waals surface area contributed by atoms with Crippen molar-refractivity contribution in [3.63, 3.8) is 0 Å². The lowest BCUT2D eigenvalue weighted by molar-refractivity contribution is 0.308. The van der Waals surface area contributed by atoms with Crippen LogP contribution < -0.4 is 0 Å². The molecule has 5 rings (SSSR count). The highest BCUT2D eigenvalue weighted by Crippen LogP contribution is 2.44. The van der Waals surface area contributed by atoms with Crippen molar-refractivity contribution in [3.8, 4) is 0 Å². The molecule has 0 radical (unpaired) electrons. The fraction of sp³-hybridized carbons (Fsp3) is 0.200. The van der Waals surface area contributed by atoms with E-state index in [2.05, 4.69) is 61.9 Å². The molecule has 24 heavy (non-hydrogen) atoms. The molecule has 5 heterocycles. The third-order valence-electron chi connectivity index (χ3n) is 4.89. The first-order valence-corrected chi connectivity index (χ1v) is 8.42. The number of hydrogen-bond donors (Lipinski definition) is 0. The first-order chi connectivity index (χ1) is 11.9. The van der Waals surface area contributed by atoms with Crippen LogP contribution in [0.25, 0.3) is 11.2 Å². The van der Waals surface area contributed by atoms with E-state index in [0.29, 0.717) is 0 Å². The lowest BCUT2D eigenvalue weighted by atomic mass is 9.98. The maximum atomic E-state index is 4.61. The van der Waals surface area contributed by atoms with Crippen molar-refractivity contribution in [1.82, 2.24) is 19.3 Å². The zero-order chi connectivity index (χ0) is 15.9. The molecular formula is C20H18N4. The van der Waals surface area contributed by atoms with E-state index in [-0.39, 0.29) is 6.04 Å². The van der Waals surface area contributed by atoms with Crippen molar-refractivity contribution in [2.75, 3.05) is 6.54 Å². The van der Waals surface area contributed by atoms with Gasteiger partial charge >= 0.3 is 0 Å². The molecule has 0 amide bonds. The summed E-state index contributed by atoms with van der Waals surface area (Å²) in [6, 6.07) is 10.6. The second-order valence-corrected chi connectivity index (χ2v) is 6.34. The number of hydrogen-bond acceptors (Lipinski definition) is 3. The predicted molar refractivity (Wildman–Crippen MR) is 94.2 cm³/mol. The van der Waals surface area contributed by atoms with E-state index >= 15 is 0 Å². The SMILES string of the molecule is C1=C(c2ccccn2)C(c2ccc3nccn3c2)N2CCCC=C12. The molecule has 3 aromatic heterocycles. The summed E-state index contributed by atoms with van der Waals surface area (Å²) in [5.74, 6) is 0. The number of aromatic nitrogens is 3. The minimum atomic E-state index is 0.221. The molecule has 1 atom stereocenters. The summed E-state index contributed by atoms with van der Waals surface area (Å²) in [6.07, 6.45) is 14.9. The maximum Gasteiger partial charge on any atom is 0.136 e. The van der Waals surface area contributed by atoms with Crippen LogP contribution in [0.5, 0.6) is 0 Å². The van der Waals surface area contributed by atoms with Crippen LogP contribution in [0.2, 0.25) is 0 Å². The van der Waals surface area contributed by atoms with Gasteiger partial charge in [-0.1, -0.05) is 18.2 Å². The lowest BCUT2D eigenvalue weighted by Crippen LogP contribution is -2.27. The Hall–Kier alpha value is -2.88. The molecule has 0 N–H and O–H groups in total. The zero-order valence-electron chi connectivity index (χ0n) is 13.3. The average molecular weight is 314 g/mol. The highest BCUT2D eigenvalue weighted by molar-refractivity contribution is 5.75. The number of allylic oxidation sites excluding steroid dienone is 2. The van der Waals surface area contributed by atoms with E-state index in [1.807, 2.05) is 24.7 Å². The van der Waals surface area contributed by atoms with Crippen LogP contribution in [0.15, 0.2) is 73.0 Å². The first-order valence-electron chi connectivity index (χ1n) is 8.42. The summed E-state index contributed by atoms with van der Waals surface area (Å²) in [5, 5.41) is 0. The topological polar surface area (TPSA) is 33.4 Å². The van der Waals surface area contributed by atoms with E-state index in [1.165, 1.54) is 23.3 Å². The smallest absolute Gasteiger partial charge is 0.136 e. The molecule has 0 fully saturated rings. The van der Waals surface area contributed by atoms with Gasteiger partial charge in [0.2, 0.25) is 0 Å². The van der Waals surface area contributed by atoms with Gasteiger partial charge in [-0.05, 0) is 42.7 Å². The van der Waals surface area contributed by atoms with Crippen LogP contribution in [0.4, 0.5) is 0 Å². The van der Waals surface area contributed by atoms with Crippen molar-refractivity contribution in [3.05, 3.63) is 84.2 Å². The number of imidazole rings is 1. The summed E-state index contributed by atoms with van der Waals surface area (Å²) in [6.45, 7) is 1.09. The molecular weight excluding hydrogens is 296 g/mol. The molecule has 0 aliphatic carbocycles. The van der Waals surface area contributed by atoms with Gasteiger partial charge in [0.15, 0.2) is 0 Å². The van der Waals surface area contributed by atoms with Crippen LogP contribution in [-0.2, 0) is 0 Å². The summed E-state index contributed by atoms with van der Waals surface area (Å²) >= 11 is 0. The number of fused-ring (bicyclic) bond motifs is 2. The Kier molecular flexibility index (Phi) is 3.01. The van der Waals surface area contributed by atoms with Crippen molar-refractivity contribution in [2.45, 2.75) is 18.9 Å². The predicted octanol–water partition coefficient (Wildman–Crippen LogP) is 3.85. The van der Waals surface area contributed by atoms with Crippen molar-refractivity contribution >= 4 is 11.2 Å².